The van der Waals surface area contributed by atoms with E-state index in [1.807, 2.05) is 36.4 Å². The molecule has 3 aromatic rings. The van der Waals surface area contributed by atoms with Crippen molar-refractivity contribution in [3.8, 4) is 16.9 Å². The molecule has 0 heterocycles. The fraction of sp³-hybridized carbons (Fsp3) is 0.190. The number of phenolic OH excluding ortho intramolecular Hbond substituents is 1. The number of rotatable bonds is 2. The molecular formula is C21H20O3. The van der Waals surface area contributed by atoms with Gasteiger partial charge in [-0.15, -0.1) is 0 Å². The maximum atomic E-state index is 11.3. The Labute approximate surface area is 141 Å². The molecule has 0 aromatic heterocycles. The van der Waals surface area contributed by atoms with Crippen molar-refractivity contribution in [2.24, 2.45) is 0 Å². The van der Waals surface area contributed by atoms with Gasteiger partial charge in [-0.2, -0.15) is 0 Å². The molecule has 0 fully saturated rings. The Balaban J connectivity index is 2.16. The van der Waals surface area contributed by atoms with E-state index < -0.39 is 5.97 Å². The van der Waals surface area contributed by atoms with Crippen LogP contribution < -0.4 is 0 Å². The van der Waals surface area contributed by atoms with Crippen molar-refractivity contribution in [1.29, 1.82) is 0 Å². The second-order valence-electron chi connectivity index (χ2n) is 7.03. The summed E-state index contributed by atoms with van der Waals surface area (Å²) < 4.78 is 0. The van der Waals surface area contributed by atoms with Crippen LogP contribution in [0.25, 0.3) is 21.9 Å². The van der Waals surface area contributed by atoms with Crippen molar-refractivity contribution in [3.63, 3.8) is 0 Å². The fourth-order valence-electron chi connectivity index (χ4n) is 2.97. The Morgan fingerprint density at radius 2 is 1.58 bits per heavy atom. The van der Waals surface area contributed by atoms with Gasteiger partial charge in [-0.25, -0.2) is 4.79 Å². The molecule has 3 rings (SSSR count). The predicted molar refractivity (Wildman–Crippen MR) is 96.7 cm³/mol. The summed E-state index contributed by atoms with van der Waals surface area (Å²) >= 11 is 0. The third-order valence-electron chi connectivity index (χ3n) is 4.25. The number of benzene rings is 3. The van der Waals surface area contributed by atoms with Crippen LogP contribution >= 0.6 is 0 Å². The van der Waals surface area contributed by atoms with E-state index >= 15 is 0 Å². The maximum absolute atomic E-state index is 11.3. The van der Waals surface area contributed by atoms with Crippen LogP contribution in [0.1, 0.15) is 36.7 Å². The lowest BCUT2D eigenvalue weighted by Gasteiger charge is -2.21. The first-order valence-corrected chi connectivity index (χ1v) is 7.87. The van der Waals surface area contributed by atoms with Gasteiger partial charge in [0.1, 0.15) is 5.75 Å². The fourth-order valence-corrected chi connectivity index (χ4v) is 2.97. The molecule has 0 amide bonds. The summed E-state index contributed by atoms with van der Waals surface area (Å²) in [4.78, 5) is 11.3. The summed E-state index contributed by atoms with van der Waals surface area (Å²) in [5.74, 6) is -0.631. The van der Waals surface area contributed by atoms with E-state index in [2.05, 4.69) is 20.8 Å². The highest BCUT2D eigenvalue weighted by Crippen LogP contribution is 2.35. The topological polar surface area (TPSA) is 57.5 Å². The number of carboxylic acid groups (broad SMARTS) is 1. The van der Waals surface area contributed by atoms with Gasteiger partial charge in [0, 0.05) is 0 Å². The molecule has 0 saturated heterocycles. The Morgan fingerprint density at radius 1 is 0.917 bits per heavy atom. The maximum Gasteiger partial charge on any atom is 0.336 e. The summed E-state index contributed by atoms with van der Waals surface area (Å²) in [6.07, 6.45) is 0. The minimum atomic E-state index is -0.923. The van der Waals surface area contributed by atoms with E-state index in [0.29, 0.717) is 11.3 Å². The number of hydrogen-bond acceptors (Lipinski definition) is 2. The first-order chi connectivity index (χ1) is 11.3. The van der Waals surface area contributed by atoms with E-state index in [1.165, 1.54) is 0 Å². The third kappa shape index (κ3) is 2.85. The first kappa shape index (κ1) is 16.1. The van der Waals surface area contributed by atoms with Crippen molar-refractivity contribution in [1.82, 2.24) is 0 Å². The lowest BCUT2D eigenvalue weighted by atomic mass is 9.84. The zero-order chi connectivity index (χ0) is 17.5. The molecule has 122 valence electrons. The number of hydrogen-bond donors (Lipinski definition) is 2. The van der Waals surface area contributed by atoms with Crippen LogP contribution in [-0.2, 0) is 5.41 Å². The molecule has 0 unspecified atom stereocenters. The minimum Gasteiger partial charge on any atom is -0.508 e. The molecule has 0 aliphatic heterocycles. The van der Waals surface area contributed by atoms with Crippen LogP contribution in [0, 0.1) is 0 Å². The van der Waals surface area contributed by atoms with Crippen molar-refractivity contribution < 1.29 is 15.0 Å². The lowest BCUT2D eigenvalue weighted by Crippen LogP contribution is -2.11. The molecule has 24 heavy (non-hydrogen) atoms. The highest BCUT2D eigenvalue weighted by atomic mass is 16.4. The second kappa shape index (κ2) is 5.68. The van der Waals surface area contributed by atoms with Crippen molar-refractivity contribution in [3.05, 3.63) is 65.7 Å². The number of carbonyl (C=O) groups is 1. The number of aromatic hydroxyl groups is 1. The summed E-state index contributed by atoms with van der Waals surface area (Å²) in [6.45, 7) is 6.18. The van der Waals surface area contributed by atoms with E-state index in [-0.39, 0.29) is 5.41 Å². The molecule has 0 saturated carbocycles. The molecule has 3 aromatic carbocycles. The smallest absolute Gasteiger partial charge is 0.336 e. The highest BCUT2D eigenvalue weighted by Gasteiger charge is 2.19. The SMILES string of the molecule is CC(C)(C)c1cc(-c2ccc3c(C(=O)O)cccc3c2)ccc1O. The molecular weight excluding hydrogens is 300 g/mol. The van der Waals surface area contributed by atoms with Crippen LogP contribution in [0.15, 0.2) is 54.6 Å². The van der Waals surface area contributed by atoms with Gasteiger partial charge in [0.25, 0.3) is 0 Å². The second-order valence-corrected chi connectivity index (χ2v) is 7.03. The Hall–Kier alpha value is -2.81. The standard InChI is InChI=1S/C21H20O3/c1-21(2,3)18-12-14(8-10-19(18)22)13-7-9-16-15(11-13)5-4-6-17(16)20(23)24/h4-12,22H,1-3H3,(H,23,24). The Bertz CT molecular complexity index is 933. The van der Waals surface area contributed by atoms with Crippen molar-refractivity contribution in [2.75, 3.05) is 0 Å². The summed E-state index contributed by atoms with van der Waals surface area (Å²) in [7, 11) is 0. The van der Waals surface area contributed by atoms with Crippen molar-refractivity contribution >= 4 is 16.7 Å². The van der Waals surface area contributed by atoms with Crippen LogP contribution in [0.4, 0.5) is 0 Å². The summed E-state index contributed by atoms with van der Waals surface area (Å²) in [5, 5.41) is 21.0. The lowest BCUT2D eigenvalue weighted by molar-refractivity contribution is 0.0699. The normalized spacial score (nSPS) is 11.6. The van der Waals surface area contributed by atoms with Crippen LogP contribution in [-0.4, -0.2) is 16.2 Å². The minimum absolute atomic E-state index is 0.159. The average molecular weight is 320 g/mol. The van der Waals surface area contributed by atoms with Gasteiger partial charge in [0.05, 0.1) is 5.56 Å². The number of aromatic carboxylic acids is 1. The monoisotopic (exact) mass is 320 g/mol. The van der Waals surface area contributed by atoms with Crippen LogP contribution in [0.3, 0.4) is 0 Å². The summed E-state index contributed by atoms with van der Waals surface area (Å²) in [5.41, 5.74) is 3.03. The van der Waals surface area contributed by atoms with Gasteiger partial charge in [-0.1, -0.05) is 51.1 Å². The van der Waals surface area contributed by atoms with Crippen molar-refractivity contribution in [2.45, 2.75) is 26.2 Å². The van der Waals surface area contributed by atoms with E-state index in [0.717, 1.165) is 27.5 Å². The average Bonchev–Trinajstić information content (AvgIpc) is 2.53. The van der Waals surface area contributed by atoms with E-state index in [9.17, 15) is 15.0 Å². The third-order valence-corrected chi connectivity index (χ3v) is 4.25. The molecule has 2 N–H and O–H groups in total. The van der Waals surface area contributed by atoms with E-state index in [4.69, 9.17) is 0 Å². The van der Waals surface area contributed by atoms with Gasteiger partial charge < -0.3 is 10.2 Å². The largest absolute Gasteiger partial charge is 0.508 e. The highest BCUT2D eigenvalue weighted by molar-refractivity contribution is 6.04. The van der Waals surface area contributed by atoms with Gasteiger partial charge in [0.15, 0.2) is 0 Å². The number of carboxylic acids is 1. The first-order valence-electron chi connectivity index (χ1n) is 7.87. The Morgan fingerprint density at radius 3 is 2.25 bits per heavy atom. The van der Waals surface area contributed by atoms with Gasteiger partial charge >= 0.3 is 5.97 Å². The summed E-state index contributed by atoms with van der Waals surface area (Å²) in [6, 6.07) is 16.6. The molecule has 0 aliphatic carbocycles. The van der Waals surface area contributed by atoms with Crippen LogP contribution in [0.5, 0.6) is 5.75 Å². The van der Waals surface area contributed by atoms with Gasteiger partial charge in [-0.05, 0) is 57.1 Å². The van der Waals surface area contributed by atoms with Gasteiger partial charge in [0.2, 0.25) is 0 Å². The number of phenols is 1. The molecule has 0 atom stereocenters. The zero-order valence-electron chi connectivity index (χ0n) is 14.0. The zero-order valence-corrected chi connectivity index (χ0v) is 14.0. The molecule has 0 bridgehead atoms. The molecule has 0 radical (unpaired) electrons. The van der Waals surface area contributed by atoms with Gasteiger partial charge in [-0.3, -0.25) is 0 Å². The predicted octanol–water partition coefficient (Wildman–Crippen LogP) is 5.21. The molecule has 0 spiro atoms. The molecule has 3 nitrogen and oxygen atoms in total. The van der Waals surface area contributed by atoms with E-state index in [1.54, 1.807) is 18.2 Å². The molecule has 3 heteroatoms. The Kier molecular flexibility index (Phi) is 3.80. The molecule has 0 aliphatic rings. The van der Waals surface area contributed by atoms with Crippen LogP contribution in [0.2, 0.25) is 0 Å². The number of fused-ring (bicyclic) bond motifs is 1. The quantitative estimate of drug-likeness (QED) is 0.681.